The third-order valence-corrected chi connectivity index (χ3v) is 4.34. The van der Waals surface area contributed by atoms with Gasteiger partial charge in [0, 0.05) is 6.08 Å². The molecule has 0 unspecified atom stereocenters. The number of ether oxygens (including phenoxy) is 1. The highest BCUT2D eigenvalue weighted by Crippen LogP contribution is 2.13. The monoisotopic (exact) mass is 366 g/mol. The molecule has 0 saturated heterocycles. The van der Waals surface area contributed by atoms with Gasteiger partial charge in [0.2, 0.25) is 0 Å². The van der Waals surface area contributed by atoms with E-state index in [1.54, 1.807) is 6.08 Å². The van der Waals surface area contributed by atoms with E-state index in [-0.39, 0.29) is 18.5 Å². The first-order valence-corrected chi connectivity index (χ1v) is 10.1. The Hall–Kier alpha value is -1.58. The summed E-state index contributed by atoms with van der Waals surface area (Å²) in [5.41, 5.74) is 1.99. The van der Waals surface area contributed by atoms with Crippen molar-refractivity contribution in [2.45, 2.75) is 104 Å². The zero-order valence-corrected chi connectivity index (χ0v) is 17.2. The van der Waals surface area contributed by atoms with Crippen molar-refractivity contribution in [3.63, 3.8) is 0 Å². The van der Waals surface area contributed by atoms with Crippen molar-refractivity contribution >= 4 is 11.9 Å². The molecule has 0 bridgehead atoms. The van der Waals surface area contributed by atoms with Crippen LogP contribution in [-0.2, 0) is 14.3 Å². The minimum Gasteiger partial charge on any atom is -0.481 e. The molecule has 0 aromatic rings. The molecule has 0 aromatic carbocycles. The molecule has 1 atom stereocenters. The fourth-order valence-electron chi connectivity index (χ4n) is 2.81. The summed E-state index contributed by atoms with van der Waals surface area (Å²) in [5.74, 6) is -1.02. The number of aliphatic carboxylic acids is 1. The average molecular weight is 367 g/mol. The number of unbranched alkanes of at least 4 members (excludes halogenated alkanes) is 6. The Morgan fingerprint density at radius 1 is 1.00 bits per heavy atom. The van der Waals surface area contributed by atoms with Gasteiger partial charge in [-0.05, 0) is 59.3 Å². The number of carbonyl (C=O) groups excluding carboxylic acids is 1. The van der Waals surface area contributed by atoms with E-state index in [1.165, 1.54) is 25.7 Å². The summed E-state index contributed by atoms with van der Waals surface area (Å²) < 4.78 is 5.44. The Bertz CT molecular complexity index is 463. The fourth-order valence-corrected chi connectivity index (χ4v) is 2.81. The summed E-state index contributed by atoms with van der Waals surface area (Å²) in [4.78, 5) is 22.5. The fraction of sp³-hybridized carbons (Fsp3) is 0.727. The molecule has 26 heavy (non-hydrogen) atoms. The maximum Gasteiger partial charge on any atom is 0.330 e. The Morgan fingerprint density at radius 2 is 1.69 bits per heavy atom. The highest BCUT2D eigenvalue weighted by atomic mass is 16.5. The highest BCUT2D eigenvalue weighted by Gasteiger charge is 2.07. The van der Waals surface area contributed by atoms with E-state index in [0.717, 1.165) is 49.7 Å². The predicted molar refractivity (Wildman–Crippen MR) is 107 cm³/mol. The van der Waals surface area contributed by atoms with Crippen molar-refractivity contribution in [1.29, 1.82) is 0 Å². The minimum atomic E-state index is -0.788. The number of rotatable bonds is 15. The van der Waals surface area contributed by atoms with Crippen molar-refractivity contribution in [3.8, 4) is 0 Å². The van der Waals surface area contributed by atoms with Gasteiger partial charge in [-0.3, -0.25) is 4.79 Å². The maximum absolute atomic E-state index is 11.9. The van der Waals surface area contributed by atoms with E-state index in [9.17, 15) is 9.59 Å². The van der Waals surface area contributed by atoms with E-state index in [1.807, 2.05) is 26.8 Å². The van der Waals surface area contributed by atoms with Gasteiger partial charge in [-0.15, -0.1) is 0 Å². The van der Waals surface area contributed by atoms with Crippen LogP contribution in [0, 0.1) is 0 Å². The smallest absolute Gasteiger partial charge is 0.330 e. The molecule has 0 aromatic heterocycles. The molecule has 0 radical (unpaired) electrons. The second kappa shape index (κ2) is 15.7. The molecule has 0 rings (SSSR count). The molecular formula is C22H38O4. The number of hydrogen-bond donors (Lipinski definition) is 1. The first-order valence-electron chi connectivity index (χ1n) is 10.1. The van der Waals surface area contributed by atoms with E-state index in [0.29, 0.717) is 0 Å². The first kappa shape index (κ1) is 24.4. The molecule has 4 nitrogen and oxygen atoms in total. The Kier molecular flexibility index (Phi) is 14.7. The quantitative estimate of drug-likeness (QED) is 0.162. The van der Waals surface area contributed by atoms with Crippen molar-refractivity contribution in [1.82, 2.24) is 0 Å². The van der Waals surface area contributed by atoms with Gasteiger partial charge in [-0.2, -0.15) is 0 Å². The van der Waals surface area contributed by atoms with Crippen molar-refractivity contribution in [3.05, 3.63) is 23.3 Å². The van der Waals surface area contributed by atoms with E-state index in [2.05, 4.69) is 6.92 Å². The molecule has 0 fully saturated rings. The summed E-state index contributed by atoms with van der Waals surface area (Å²) in [6.45, 7) is 7.98. The number of carboxylic acid groups (broad SMARTS) is 1. The molecule has 0 aliphatic rings. The second-order valence-corrected chi connectivity index (χ2v) is 7.31. The van der Waals surface area contributed by atoms with Crippen LogP contribution in [0.3, 0.4) is 0 Å². The van der Waals surface area contributed by atoms with Crippen LogP contribution in [-0.4, -0.2) is 23.1 Å². The SMILES string of the molecule is CCCCCCC/C(C)=C\C(=O)O[C@H](C)CCCC/C=C(/C)CC(=O)O. The summed E-state index contributed by atoms with van der Waals surface area (Å²) in [7, 11) is 0. The van der Waals surface area contributed by atoms with E-state index >= 15 is 0 Å². The van der Waals surface area contributed by atoms with Gasteiger partial charge in [-0.1, -0.05) is 49.8 Å². The number of esters is 1. The molecule has 150 valence electrons. The molecule has 0 saturated carbocycles. The molecule has 0 heterocycles. The zero-order chi connectivity index (χ0) is 19.8. The van der Waals surface area contributed by atoms with Crippen molar-refractivity contribution in [2.75, 3.05) is 0 Å². The molecule has 0 aliphatic heterocycles. The molecular weight excluding hydrogens is 328 g/mol. The Morgan fingerprint density at radius 3 is 2.35 bits per heavy atom. The lowest BCUT2D eigenvalue weighted by Gasteiger charge is -2.12. The van der Waals surface area contributed by atoms with Gasteiger partial charge in [0.05, 0.1) is 12.5 Å². The van der Waals surface area contributed by atoms with Gasteiger partial charge in [0.15, 0.2) is 0 Å². The summed E-state index contributed by atoms with van der Waals surface area (Å²) in [6, 6.07) is 0. The van der Waals surface area contributed by atoms with Crippen LogP contribution in [0.15, 0.2) is 23.3 Å². The lowest BCUT2D eigenvalue weighted by molar-refractivity contribution is -0.142. The van der Waals surface area contributed by atoms with Crippen LogP contribution in [0.2, 0.25) is 0 Å². The third-order valence-electron chi connectivity index (χ3n) is 4.34. The van der Waals surface area contributed by atoms with Crippen LogP contribution < -0.4 is 0 Å². The number of carboxylic acids is 1. The van der Waals surface area contributed by atoms with Gasteiger partial charge in [-0.25, -0.2) is 4.79 Å². The summed E-state index contributed by atoms with van der Waals surface area (Å²) >= 11 is 0. The highest BCUT2D eigenvalue weighted by molar-refractivity contribution is 5.82. The van der Waals surface area contributed by atoms with Crippen LogP contribution >= 0.6 is 0 Å². The largest absolute Gasteiger partial charge is 0.481 e. The molecule has 0 aliphatic carbocycles. The van der Waals surface area contributed by atoms with Crippen molar-refractivity contribution in [2.24, 2.45) is 0 Å². The van der Waals surface area contributed by atoms with Gasteiger partial charge in [0.1, 0.15) is 0 Å². The van der Waals surface area contributed by atoms with Crippen molar-refractivity contribution < 1.29 is 19.4 Å². The lowest BCUT2D eigenvalue weighted by atomic mass is 10.1. The Labute approximate surface area is 159 Å². The summed E-state index contributed by atoms with van der Waals surface area (Å²) in [5, 5.41) is 8.69. The van der Waals surface area contributed by atoms with Gasteiger partial charge in [0.25, 0.3) is 0 Å². The second-order valence-electron chi connectivity index (χ2n) is 7.31. The normalized spacial score (nSPS) is 13.5. The maximum atomic E-state index is 11.9. The standard InChI is InChI=1S/C22H38O4/c1-5-6-7-8-10-14-19(3)17-22(25)26-20(4)15-12-9-11-13-18(2)16-21(23)24/h13,17,20H,5-12,14-16H2,1-4H3,(H,23,24)/b18-13-,19-17-/t20-/m1/s1. The van der Waals surface area contributed by atoms with E-state index < -0.39 is 5.97 Å². The molecule has 1 N–H and O–H groups in total. The van der Waals surface area contributed by atoms with Gasteiger partial charge < -0.3 is 9.84 Å². The number of allylic oxidation sites excluding steroid dienone is 2. The van der Waals surface area contributed by atoms with Gasteiger partial charge >= 0.3 is 11.9 Å². The molecule has 0 spiro atoms. The topological polar surface area (TPSA) is 63.6 Å². The average Bonchev–Trinajstić information content (AvgIpc) is 2.53. The van der Waals surface area contributed by atoms with Crippen LogP contribution in [0.25, 0.3) is 0 Å². The molecule has 4 heteroatoms. The molecule has 0 amide bonds. The Balaban J connectivity index is 3.87. The number of carbonyl (C=O) groups is 2. The van der Waals surface area contributed by atoms with Crippen LogP contribution in [0.1, 0.15) is 98.3 Å². The third kappa shape index (κ3) is 15.9. The number of hydrogen-bond acceptors (Lipinski definition) is 3. The first-order chi connectivity index (χ1) is 12.3. The minimum absolute atomic E-state index is 0.0831. The van der Waals surface area contributed by atoms with Crippen LogP contribution in [0.5, 0.6) is 0 Å². The van der Waals surface area contributed by atoms with E-state index in [4.69, 9.17) is 9.84 Å². The lowest BCUT2D eigenvalue weighted by Crippen LogP contribution is -2.13. The summed E-state index contributed by atoms with van der Waals surface area (Å²) in [6.07, 6.45) is 14.4. The predicted octanol–water partition coefficient (Wildman–Crippen LogP) is 6.21. The van der Waals surface area contributed by atoms with Crippen LogP contribution in [0.4, 0.5) is 0 Å². The zero-order valence-electron chi connectivity index (χ0n) is 17.2.